The minimum absolute atomic E-state index is 0.236. The van der Waals surface area contributed by atoms with Crippen molar-refractivity contribution >= 4 is 29.6 Å². The maximum absolute atomic E-state index is 13.3. The first-order valence-electron chi connectivity index (χ1n) is 14.5. The van der Waals surface area contributed by atoms with Crippen molar-refractivity contribution in [3.8, 4) is 11.1 Å². The van der Waals surface area contributed by atoms with Gasteiger partial charge in [0.2, 0.25) is 11.8 Å². The van der Waals surface area contributed by atoms with Crippen LogP contribution in [0.5, 0.6) is 0 Å². The van der Waals surface area contributed by atoms with Crippen molar-refractivity contribution < 1.29 is 42.6 Å². The zero-order valence-corrected chi connectivity index (χ0v) is 25.0. The van der Waals surface area contributed by atoms with Gasteiger partial charge in [-0.25, -0.2) is 9.78 Å². The quantitative estimate of drug-likeness (QED) is 0.122. The number of amides is 2. The number of nitrogens with two attached hydrogens (primary N) is 1. The molecule has 11 nitrogen and oxygen atoms in total. The summed E-state index contributed by atoms with van der Waals surface area (Å²) in [6, 6.07) is 21.3. The highest BCUT2D eigenvalue weighted by atomic mass is 19.4. The van der Waals surface area contributed by atoms with Gasteiger partial charge in [0.15, 0.2) is 0 Å². The summed E-state index contributed by atoms with van der Waals surface area (Å²) >= 11 is 0. The third-order valence-corrected chi connectivity index (χ3v) is 6.51. The molecule has 1 unspecified atom stereocenters. The average molecular weight is 646 g/mol. The first-order chi connectivity index (χ1) is 21.9. The third-order valence-electron chi connectivity index (χ3n) is 6.51. The van der Waals surface area contributed by atoms with Gasteiger partial charge in [0.1, 0.15) is 11.9 Å². The van der Waals surface area contributed by atoms with E-state index in [-0.39, 0.29) is 18.7 Å². The second-order valence-electron chi connectivity index (χ2n) is 10.1. The largest absolute Gasteiger partial charge is 0.490 e. The van der Waals surface area contributed by atoms with Crippen LogP contribution in [0.3, 0.4) is 0 Å². The minimum atomic E-state index is -5.08. The molecule has 0 aliphatic carbocycles. The number of aliphatic carboxylic acids is 2. The van der Waals surface area contributed by atoms with Crippen molar-refractivity contribution in [2.75, 3.05) is 18.4 Å². The third kappa shape index (κ3) is 14.2. The summed E-state index contributed by atoms with van der Waals surface area (Å²) in [6.45, 7) is 1.05. The van der Waals surface area contributed by atoms with Crippen molar-refractivity contribution in [2.45, 2.75) is 56.8 Å². The summed E-state index contributed by atoms with van der Waals surface area (Å²) in [6.07, 6.45) is -1.09. The average Bonchev–Trinajstić information content (AvgIpc) is 3.03. The molecule has 1 aromatic heterocycles. The number of halogens is 3. The molecule has 3 aromatic rings. The van der Waals surface area contributed by atoms with Crippen molar-refractivity contribution in [3.05, 3.63) is 84.6 Å². The Morgan fingerprint density at radius 3 is 2.02 bits per heavy atom. The monoisotopic (exact) mass is 645 g/mol. The second-order valence-corrected chi connectivity index (χ2v) is 10.1. The Morgan fingerprint density at radius 2 is 1.46 bits per heavy atom. The molecule has 0 bridgehead atoms. The van der Waals surface area contributed by atoms with Crippen LogP contribution in [0.2, 0.25) is 0 Å². The van der Waals surface area contributed by atoms with Gasteiger partial charge in [-0.15, -0.1) is 0 Å². The molecule has 0 saturated heterocycles. The maximum Gasteiger partial charge on any atom is 0.490 e. The highest BCUT2D eigenvalue weighted by Gasteiger charge is 2.38. The van der Waals surface area contributed by atoms with Crippen LogP contribution >= 0.6 is 0 Å². The fraction of sp³-hybridized carbons (Fsp3) is 0.344. The Labute approximate surface area is 264 Å². The number of anilines is 1. The van der Waals surface area contributed by atoms with Crippen LogP contribution < -0.4 is 21.7 Å². The van der Waals surface area contributed by atoms with Gasteiger partial charge in [0.05, 0.1) is 12.5 Å². The molecule has 2 aromatic carbocycles. The molecule has 0 radical (unpaired) electrons. The zero-order chi connectivity index (χ0) is 34.0. The van der Waals surface area contributed by atoms with E-state index in [1.807, 2.05) is 72.8 Å². The Kier molecular flexibility index (Phi) is 15.7. The molecule has 0 fully saturated rings. The number of carboxylic acids is 2. The molecule has 0 spiro atoms. The molecule has 0 saturated carbocycles. The van der Waals surface area contributed by atoms with Crippen molar-refractivity contribution in [2.24, 2.45) is 5.73 Å². The van der Waals surface area contributed by atoms with Crippen molar-refractivity contribution in [1.29, 1.82) is 0 Å². The molecule has 0 aliphatic heterocycles. The van der Waals surface area contributed by atoms with E-state index in [1.54, 1.807) is 6.20 Å². The molecule has 248 valence electrons. The summed E-state index contributed by atoms with van der Waals surface area (Å²) in [5, 5.41) is 25.5. The predicted octanol–water partition coefficient (Wildman–Crippen LogP) is 4.52. The Bertz CT molecular complexity index is 1380. The summed E-state index contributed by atoms with van der Waals surface area (Å²) < 4.78 is 31.7. The molecule has 14 heteroatoms. The SMILES string of the molecule is NCCCC[C@@H](NC(=O)CCCNc1ccccn1)C(=O)NC(CC(=O)O)c1ccc(-c2ccccc2)cc1.O=C(O)C(F)(F)F. The van der Waals surface area contributed by atoms with Crippen LogP contribution in [-0.4, -0.2) is 64.3 Å². The zero-order valence-electron chi connectivity index (χ0n) is 25.0. The Hall–Kier alpha value is -4.98. The van der Waals surface area contributed by atoms with E-state index in [2.05, 4.69) is 20.9 Å². The molecular weight excluding hydrogens is 607 g/mol. The van der Waals surface area contributed by atoms with Gasteiger partial charge in [0, 0.05) is 19.2 Å². The van der Waals surface area contributed by atoms with E-state index >= 15 is 0 Å². The number of aromatic nitrogens is 1. The second kappa shape index (κ2) is 19.4. The van der Waals surface area contributed by atoms with E-state index in [4.69, 9.17) is 15.6 Å². The minimum Gasteiger partial charge on any atom is -0.481 e. The first kappa shape index (κ1) is 37.2. The van der Waals surface area contributed by atoms with Gasteiger partial charge in [-0.05, 0) is 61.1 Å². The molecule has 1 heterocycles. The molecule has 2 atom stereocenters. The van der Waals surface area contributed by atoms with Gasteiger partial charge in [-0.1, -0.05) is 60.7 Å². The van der Waals surface area contributed by atoms with Gasteiger partial charge in [-0.2, -0.15) is 13.2 Å². The highest BCUT2D eigenvalue weighted by Crippen LogP contribution is 2.24. The fourth-order valence-electron chi connectivity index (χ4n) is 4.20. The molecular formula is C32H38F3N5O6. The first-order valence-corrected chi connectivity index (χ1v) is 14.5. The standard InChI is InChI=1S/C30H37N5O4.C2HF3O2/c31-18-6-4-11-25(34-28(36)13-8-20-33-27-12-5-7-19-32-27)30(39)35-26(21-29(37)38)24-16-14-23(15-17-24)22-9-2-1-3-10-22;3-2(4,5)1(6)7/h1-3,5,7,9-10,12,14-17,19,25-26H,4,6,8,11,13,18,20-21,31H2,(H,32,33)(H,34,36)(H,35,39)(H,37,38);(H,6,7)/t25-,26?;/m1./s1. The molecule has 2 amide bonds. The van der Waals surface area contributed by atoms with E-state index in [1.165, 1.54) is 0 Å². The highest BCUT2D eigenvalue weighted by molar-refractivity contribution is 5.88. The van der Waals surface area contributed by atoms with E-state index in [0.29, 0.717) is 44.3 Å². The van der Waals surface area contributed by atoms with E-state index in [9.17, 15) is 32.7 Å². The number of hydrogen-bond acceptors (Lipinski definition) is 7. The number of nitrogens with zero attached hydrogens (tertiary/aromatic N) is 1. The van der Waals surface area contributed by atoms with Gasteiger partial charge in [-0.3, -0.25) is 14.4 Å². The van der Waals surface area contributed by atoms with Crippen LogP contribution in [0, 0.1) is 0 Å². The fourth-order valence-corrected chi connectivity index (χ4v) is 4.20. The van der Waals surface area contributed by atoms with E-state index < -0.39 is 36.1 Å². The van der Waals surface area contributed by atoms with Crippen LogP contribution in [-0.2, 0) is 19.2 Å². The number of carbonyl (C=O) groups is 4. The number of alkyl halides is 3. The number of unbranched alkanes of at least 4 members (excludes halogenated alkanes) is 1. The summed E-state index contributed by atoms with van der Waals surface area (Å²) in [5.41, 5.74) is 8.33. The molecule has 3 rings (SSSR count). The number of rotatable bonds is 16. The van der Waals surface area contributed by atoms with Crippen LogP contribution in [0.25, 0.3) is 11.1 Å². The van der Waals surface area contributed by atoms with Crippen LogP contribution in [0.4, 0.5) is 19.0 Å². The summed E-state index contributed by atoms with van der Waals surface area (Å²) in [5.74, 6) is -3.71. The number of benzene rings is 2. The molecule has 0 aliphatic rings. The number of pyridine rings is 1. The Balaban J connectivity index is 0.000000942. The van der Waals surface area contributed by atoms with E-state index in [0.717, 1.165) is 16.9 Å². The number of carboxylic acid groups (broad SMARTS) is 2. The lowest BCUT2D eigenvalue weighted by molar-refractivity contribution is -0.192. The summed E-state index contributed by atoms with van der Waals surface area (Å²) in [7, 11) is 0. The predicted molar refractivity (Wildman–Crippen MR) is 166 cm³/mol. The van der Waals surface area contributed by atoms with Crippen molar-refractivity contribution in [1.82, 2.24) is 15.6 Å². The van der Waals surface area contributed by atoms with Crippen LogP contribution in [0.15, 0.2) is 79.0 Å². The number of carbonyl (C=O) groups excluding carboxylic acids is 2. The number of nitrogens with one attached hydrogen (secondary N) is 3. The summed E-state index contributed by atoms with van der Waals surface area (Å²) in [4.78, 5) is 50.6. The van der Waals surface area contributed by atoms with Gasteiger partial charge in [0.25, 0.3) is 0 Å². The smallest absolute Gasteiger partial charge is 0.481 e. The van der Waals surface area contributed by atoms with Gasteiger partial charge < -0.3 is 31.9 Å². The van der Waals surface area contributed by atoms with Gasteiger partial charge >= 0.3 is 18.1 Å². The number of hydrogen-bond donors (Lipinski definition) is 6. The van der Waals surface area contributed by atoms with Crippen molar-refractivity contribution in [3.63, 3.8) is 0 Å². The molecule has 7 N–H and O–H groups in total. The maximum atomic E-state index is 13.3. The normalized spacial score (nSPS) is 12.1. The molecule has 46 heavy (non-hydrogen) atoms. The lowest BCUT2D eigenvalue weighted by Crippen LogP contribution is -2.48. The Morgan fingerprint density at radius 1 is 0.826 bits per heavy atom. The van der Waals surface area contributed by atoms with Crippen LogP contribution in [0.1, 0.15) is 50.1 Å². The topological polar surface area (TPSA) is 184 Å². The lowest BCUT2D eigenvalue weighted by Gasteiger charge is -2.23. The lowest BCUT2D eigenvalue weighted by atomic mass is 9.98.